The Morgan fingerprint density at radius 3 is 2.84 bits per heavy atom. The van der Waals surface area contributed by atoms with Crippen LogP contribution in [0.15, 0.2) is 37.1 Å². The second-order valence-corrected chi connectivity index (χ2v) is 6.18. The Bertz CT molecular complexity index is 862. The van der Waals surface area contributed by atoms with Gasteiger partial charge in [-0.2, -0.15) is 5.10 Å². The zero-order valence-corrected chi connectivity index (χ0v) is 14.4. The molecule has 0 amide bonds. The summed E-state index contributed by atoms with van der Waals surface area (Å²) in [5, 5.41) is 4.64. The molecule has 0 N–H and O–H groups in total. The van der Waals surface area contributed by atoms with Gasteiger partial charge < -0.3 is 4.74 Å². The van der Waals surface area contributed by atoms with Gasteiger partial charge in [0.2, 0.25) is 5.88 Å². The lowest BCUT2D eigenvalue weighted by atomic mass is 10.0. The number of aryl methyl sites for hydroxylation is 1. The summed E-state index contributed by atoms with van der Waals surface area (Å²) in [4.78, 5) is 15.1. The van der Waals surface area contributed by atoms with Gasteiger partial charge in [0.15, 0.2) is 0 Å². The molecule has 4 heterocycles. The molecule has 0 spiro atoms. The van der Waals surface area contributed by atoms with E-state index < -0.39 is 0 Å². The van der Waals surface area contributed by atoms with Crippen LogP contribution in [0, 0.1) is 0 Å². The molecule has 128 valence electrons. The molecule has 7 heteroatoms. The third-order valence-electron chi connectivity index (χ3n) is 4.49. The van der Waals surface area contributed by atoms with Gasteiger partial charge in [-0.1, -0.05) is 0 Å². The lowest BCUT2D eigenvalue weighted by molar-refractivity contribution is 0.236. The summed E-state index contributed by atoms with van der Waals surface area (Å²) >= 11 is 0. The maximum atomic E-state index is 5.41. The van der Waals surface area contributed by atoms with Crippen molar-refractivity contribution in [2.45, 2.75) is 19.5 Å². The third kappa shape index (κ3) is 3.10. The fourth-order valence-corrected chi connectivity index (χ4v) is 3.33. The van der Waals surface area contributed by atoms with Crippen LogP contribution in [0.4, 0.5) is 0 Å². The topological polar surface area (TPSA) is 69.0 Å². The Morgan fingerprint density at radius 2 is 2.04 bits per heavy atom. The molecule has 7 nitrogen and oxygen atoms in total. The first kappa shape index (κ1) is 15.7. The van der Waals surface area contributed by atoms with Crippen LogP contribution in [0.1, 0.15) is 16.8 Å². The highest BCUT2D eigenvalue weighted by Gasteiger charge is 2.23. The fourth-order valence-electron chi connectivity index (χ4n) is 3.33. The fraction of sp³-hybridized carbons (Fsp3) is 0.333. The van der Waals surface area contributed by atoms with Crippen molar-refractivity contribution >= 4 is 0 Å². The number of pyridine rings is 1. The second kappa shape index (κ2) is 6.60. The lowest BCUT2D eigenvalue weighted by Gasteiger charge is -2.28. The maximum absolute atomic E-state index is 5.41. The van der Waals surface area contributed by atoms with Crippen molar-refractivity contribution in [1.29, 1.82) is 0 Å². The van der Waals surface area contributed by atoms with Gasteiger partial charge >= 0.3 is 0 Å². The summed E-state index contributed by atoms with van der Waals surface area (Å²) < 4.78 is 7.27. The van der Waals surface area contributed by atoms with Crippen LogP contribution in [0.3, 0.4) is 0 Å². The highest BCUT2D eigenvalue weighted by Crippen LogP contribution is 2.27. The minimum Gasteiger partial charge on any atom is -0.481 e. The molecule has 0 aromatic carbocycles. The summed E-state index contributed by atoms with van der Waals surface area (Å²) in [6.45, 7) is 2.56. The van der Waals surface area contributed by atoms with Crippen molar-refractivity contribution in [3.05, 3.63) is 53.9 Å². The molecule has 3 aromatic heterocycles. The standard InChI is InChI=1S/C18H20N6O/c1-23-9-14(17(22-23)13-3-6-19-7-4-13)10-24-8-5-16-15(11-24)18(25-2)21-12-20-16/h3-4,6-7,9,12H,5,8,10-11H2,1-2H3. The highest BCUT2D eigenvalue weighted by molar-refractivity contribution is 5.61. The van der Waals surface area contributed by atoms with Crippen LogP contribution in [0.2, 0.25) is 0 Å². The van der Waals surface area contributed by atoms with Crippen molar-refractivity contribution in [2.24, 2.45) is 7.05 Å². The number of fused-ring (bicyclic) bond motifs is 1. The molecular weight excluding hydrogens is 316 g/mol. The van der Waals surface area contributed by atoms with E-state index in [2.05, 4.69) is 31.1 Å². The number of hydrogen-bond donors (Lipinski definition) is 0. The van der Waals surface area contributed by atoms with Gasteiger partial charge in [-0.15, -0.1) is 0 Å². The van der Waals surface area contributed by atoms with Crippen LogP contribution in [-0.4, -0.2) is 43.3 Å². The zero-order valence-electron chi connectivity index (χ0n) is 14.4. The average Bonchev–Trinajstić information content (AvgIpc) is 3.02. The van der Waals surface area contributed by atoms with Gasteiger partial charge in [-0.3, -0.25) is 14.6 Å². The number of methoxy groups -OCH3 is 1. The predicted molar refractivity (Wildman–Crippen MR) is 92.8 cm³/mol. The van der Waals surface area contributed by atoms with E-state index in [9.17, 15) is 0 Å². The number of ether oxygens (including phenoxy) is 1. The first-order chi connectivity index (χ1) is 12.2. The Labute approximate surface area is 146 Å². The van der Waals surface area contributed by atoms with E-state index in [1.807, 2.05) is 23.9 Å². The molecule has 3 aromatic rings. The largest absolute Gasteiger partial charge is 0.481 e. The quantitative estimate of drug-likeness (QED) is 0.724. The molecule has 0 aliphatic carbocycles. The van der Waals surface area contributed by atoms with E-state index in [1.165, 1.54) is 5.56 Å². The molecular formula is C18H20N6O. The average molecular weight is 336 g/mol. The third-order valence-corrected chi connectivity index (χ3v) is 4.49. The van der Waals surface area contributed by atoms with E-state index in [0.717, 1.165) is 48.6 Å². The number of rotatable bonds is 4. The minimum atomic E-state index is 0.676. The highest BCUT2D eigenvalue weighted by atomic mass is 16.5. The normalized spacial score (nSPS) is 14.3. The summed E-state index contributed by atoms with van der Waals surface area (Å²) in [7, 11) is 3.61. The van der Waals surface area contributed by atoms with Gasteiger partial charge in [0.05, 0.1) is 18.5 Å². The molecule has 1 aliphatic rings. The van der Waals surface area contributed by atoms with Crippen molar-refractivity contribution in [3.8, 4) is 17.1 Å². The monoisotopic (exact) mass is 336 g/mol. The summed E-state index contributed by atoms with van der Waals surface area (Å²) in [5.41, 5.74) is 5.47. The van der Waals surface area contributed by atoms with Crippen molar-refractivity contribution in [1.82, 2.24) is 29.6 Å². The smallest absolute Gasteiger partial charge is 0.220 e. The first-order valence-electron chi connectivity index (χ1n) is 8.26. The van der Waals surface area contributed by atoms with Crippen molar-refractivity contribution in [3.63, 3.8) is 0 Å². The van der Waals surface area contributed by atoms with Crippen LogP contribution < -0.4 is 4.74 Å². The first-order valence-corrected chi connectivity index (χ1v) is 8.26. The summed E-state index contributed by atoms with van der Waals surface area (Å²) in [6.07, 6.45) is 8.17. The number of aromatic nitrogens is 5. The van der Waals surface area contributed by atoms with E-state index in [0.29, 0.717) is 5.88 Å². The summed E-state index contributed by atoms with van der Waals surface area (Å²) in [5.74, 6) is 0.676. The van der Waals surface area contributed by atoms with Gasteiger partial charge in [0, 0.05) is 68.4 Å². The molecule has 0 unspecified atom stereocenters. The van der Waals surface area contributed by atoms with E-state index in [4.69, 9.17) is 4.74 Å². The van der Waals surface area contributed by atoms with Gasteiger partial charge in [0.25, 0.3) is 0 Å². The molecule has 1 aliphatic heterocycles. The number of hydrogen-bond acceptors (Lipinski definition) is 6. The van der Waals surface area contributed by atoms with Gasteiger partial charge in [-0.05, 0) is 12.1 Å². The minimum absolute atomic E-state index is 0.676. The zero-order chi connectivity index (χ0) is 17.2. The molecule has 0 bridgehead atoms. The van der Waals surface area contributed by atoms with Gasteiger partial charge in [-0.25, -0.2) is 9.97 Å². The molecule has 25 heavy (non-hydrogen) atoms. The van der Waals surface area contributed by atoms with Crippen molar-refractivity contribution < 1.29 is 4.74 Å². The van der Waals surface area contributed by atoms with Crippen LogP contribution in [0.5, 0.6) is 5.88 Å². The Morgan fingerprint density at radius 1 is 1.20 bits per heavy atom. The summed E-state index contributed by atoms with van der Waals surface area (Å²) in [6, 6.07) is 3.99. The lowest BCUT2D eigenvalue weighted by Crippen LogP contribution is -2.31. The molecule has 4 rings (SSSR count). The molecule has 0 saturated heterocycles. The predicted octanol–water partition coefficient (Wildman–Crippen LogP) is 1.84. The van der Waals surface area contributed by atoms with E-state index in [1.54, 1.807) is 25.8 Å². The SMILES string of the molecule is COc1ncnc2c1CN(Cc1cn(C)nc1-c1ccncc1)CC2. The molecule has 0 fully saturated rings. The Kier molecular flexibility index (Phi) is 4.15. The molecule has 0 saturated carbocycles. The van der Waals surface area contributed by atoms with E-state index >= 15 is 0 Å². The van der Waals surface area contributed by atoms with Crippen LogP contribution >= 0.6 is 0 Å². The maximum Gasteiger partial charge on any atom is 0.220 e. The van der Waals surface area contributed by atoms with Crippen LogP contribution in [-0.2, 0) is 26.6 Å². The second-order valence-electron chi connectivity index (χ2n) is 6.18. The van der Waals surface area contributed by atoms with Crippen molar-refractivity contribution in [2.75, 3.05) is 13.7 Å². The number of nitrogens with zero attached hydrogens (tertiary/aromatic N) is 6. The Balaban J connectivity index is 1.60. The van der Waals surface area contributed by atoms with E-state index in [-0.39, 0.29) is 0 Å². The Hall–Kier alpha value is -2.80. The molecule has 0 atom stereocenters. The van der Waals surface area contributed by atoms with Crippen LogP contribution in [0.25, 0.3) is 11.3 Å². The van der Waals surface area contributed by atoms with Gasteiger partial charge in [0.1, 0.15) is 6.33 Å². The molecule has 0 radical (unpaired) electrons.